The highest BCUT2D eigenvalue weighted by Gasteiger charge is 2.16. The van der Waals surface area contributed by atoms with Crippen LogP contribution in [0, 0.1) is 11.6 Å². The van der Waals surface area contributed by atoms with Crippen molar-refractivity contribution in [2.24, 2.45) is 7.05 Å². The number of nitrogens with zero attached hydrogens (tertiary/aromatic N) is 6. The summed E-state index contributed by atoms with van der Waals surface area (Å²) < 4.78 is 33.9. The van der Waals surface area contributed by atoms with Crippen molar-refractivity contribution in [2.75, 3.05) is 49.8 Å². The highest BCUT2D eigenvalue weighted by molar-refractivity contribution is 6.01. The van der Waals surface area contributed by atoms with Crippen LogP contribution in [0.5, 0.6) is 11.5 Å². The van der Waals surface area contributed by atoms with E-state index < -0.39 is 23.1 Å². The summed E-state index contributed by atoms with van der Waals surface area (Å²) in [5, 5.41) is 6.25. The van der Waals surface area contributed by atoms with Crippen molar-refractivity contribution in [3.05, 3.63) is 77.4 Å². The second-order valence-electron chi connectivity index (χ2n) is 9.16. The summed E-state index contributed by atoms with van der Waals surface area (Å²) in [7, 11) is 7.29. The van der Waals surface area contributed by atoms with Crippen LogP contribution in [0.3, 0.4) is 0 Å². The maximum absolute atomic E-state index is 14.1. The lowest BCUT2D eigenvalue weighted by Gasteiger charge is -2.23. The monoisotopic (exact) mass is 550 g/mol. The molecule has 208 valence electrons. The number of ether oxygens (including phenoxy) is 1. The topological polar surface area (TPSA) is 118 Å². The van der Waals surface area contributed by atoms with Gasteiger partial charge in [-0.25, -0.2) is 18.7 Å². The van der Waals surface area contributed by atoms with Crippen LogP contribution < -0.4 is 25.8 Å². The first kappa shape index (κ1) is 28.1. The van der Waals surface area contributed by atoms with Crippen molar-refractivity contribution < 1.29 is 18.3 Å². The Morgan fingerprint density at radius 2 is 1.88 bits per heavy atom. The number of carbonyl (C=O) groups excluding carboxylic acids is 1. The third-order valence-corrected chi connectivity index (χ3v) is 5.84. The van der Waals surface area contributed by atoms with Gasteiger partial charge in [0.2, 0.25) is 11.9 Å². The van der Waals surface area contributed by atoms with Gasteiger partial charge in [0.05, 0.1) is 17.6 Å². The number of nitrogens with one attached hydrogen (secondary N) is 2. The number of pyridine rings is 2. The molecule has 0 aliphatic rings. The number of amides is 1. The number of aryl methyl sites for hydroxylation is 1. The summed E-state index contributed by atoms with van der Waals surface area (Å²) >= 11 is 0. The Labute approximate surface area is 228 Å². The summed E-state index contributed by atoms with van der Waals surface area (Å²) in [5.74, 6) is -1.83. The Bertz CT molecular complexity index is 1640. The van der Waals surface area contributed by atoms with Gasteiger partial charge in [-0.15, -0.1) is 0 Å². The molecule has 3 heterocycles. The summed E-state index contributed by atoms with van der Waals surface area (Å²) in [6, 6.07) is 5.87. The number of anilines is 4. The number of rotatable bonds is 10. The zero-order valence-electron chi connectivity index (χ0n) is 22.4. The van der Waals surface area contributed by atoms with E-state index >= 15 is 0 Å². The van der Waals surface area contributed by atoms with Crippen molar-refractivity contribution in [3.8, 4) is 11.5 Å². The number of halogens is 2. The number of aromatic nitrogens is 4. The van der Waals surface area contributed by atoms with Crippen molar-refractivity contribution in [3.63, 3.8) is 0 Å². The summed E-state index contributed by atoms with van der Waals surface area (Å²) in [6.07, 6.45) is 4.21. The van der Waals surface area contributed by atoms with Gasteiger partial charge in [-0.1, -0.05) is 6.58 Å². The fourth-order valence-corrected chi connectivity index (χ4v) is 3.72. The van der Waals surface area contributed by atoms with Crippen LogP contribution in [0.2, 0.25) is 0 Å². The second-order valence-corrected chi connectivity index (χ2v) is 9.16. The zero-order chi connectivity index (χ0) is 29.0. The van der Waals surface area contributed by atoms with Crippen molar-refractivity contribution in [1.29, 1.82) is 0 Å². The van der Waals surface area contributed by atoms with E-state index in [9.17, 15) is 18.4 Å². The number of hydrogen-bond donors (Lipinski definition) is 2. The normalized spacial score (nSPS) is 11.0. The highest BCUT2D eigenvalue weighted by atomic mass is 19.1. The minimum atomic E-state index is -0.940. The molecule has 1 aromatic carbocycles. The van der Waals surface area contributed by atoms with Crippen molar-refractivity contribution >= 4 is 40.1 Å². The van der Waals surface area contributed by atoms with Crippen LogP contribution in [0.1, 0.15) is 0 Å². The molecule has 11 nitrogen and oxygen atoms in total. The fraction of sp³-hybridized carbons (Fsp3) is 0.222. The van der Waals surface area contributed by atoms with Gasteiger partial charge in [0.15, 0.2) is 23.1 Å². The molecule has 0 atom stereocenters. The van der Waals surface area contributed by atoms with Gasteiger partial charge >= 0.3 is 0 Å². The highest BCUT2D eigenvalue weighted by Crippen LogP contribution is 2.28. The van der Waals surface area contributed by atoms with E-state index in [4.69, 9.17) is 4.74 Å². The predicted octanol–water partition coefficient (Wildman–Crippen LogP) is 3.66. The van der Waals surface area contributed by atoms with Crippen LogP contribution in [0.4, 0.5) is 31.9 Å². The Hall–Kier alpha value is -4.91. The quantitative estimate of drug-likeness (QED) is 0.285. The molecule has 0 saturated heterocycles. The van der Waals surface area contributed by atoms with Crippen LogP contribution in [0.25, 0.3) is 11.0 Å². The van der Waals surface area contributed by atoms with Crippen LogP contribution in [-0.4, -0.2) is 64.6 Å². The Morgan fingerprint density at radius 1 is 1.10 bits per heavy atom. The number of benzene rings is 1. The van der Waals surface area contributed by atoms with Gasteiger partial charge in [0, 0.05) is 44.8 Å². The van der Waals surface area contributed by atoms with Crippen LogP contribution in [0.15, 0.2) is 60.2 Å². The van der Waals surface area contributed by atoms with Gasteiger partial charge in [0.1, 0.15) is 11.5 Å². The minimum Gasteiger partial charge on any atom is -0.448 e. The second kappa shape index (κ2) is 11.9. The van der Waals surface area contributed by atoms with Crippen LogP contribution >= 0.6 is 0 Å². The number of hydrogen-bond acceptors (Lipinski definition) is 9. The van der Waals surface area contributed by atoms with Gasteiger partial charge in [-0.2, -0.15) is 4.98 Å². The van der Waals surface area contributed by atoms with Gasteiger partial charge in [-0.3, -0.25) is 14.2 Å². The van der Waals surface area contributed by atoms with Gasteiger partial charge in [-0.05, 0) is 44.4 Å². The first-order valence-corrected chi connectivity index (χ1v) is 12.1. The average molecular weight is 551 g/mol. The first-order chi connectivity index (χ1) is 19.0. The lowest BCUT2D eigenvalue weighted by atomic mass is 10.3. The van der Waals surface area contributed by atoms with Gasteiger partial charge in [0.25, 0.3) is 5.56 Å². The molecule has 0 saturated carbocycles. The maximum atomic E-state index is 14.1. The molecule has 13 heteroatoms. The molecule has 40 heavy (non-hydrogen) atoms. The van der Waals surface area contributed by atoms with Crippen LogP contribution in [-0.2, 0) is 11.8 Å². The Kier molecular flexibility index (Phi) is 8.34. The smallest absolute Gasteiger partial charge is 0.294 e. The van der Waals surface area contributed by atoms with E-state index in [0.29, 0.717) is 35.2 Å². The largest absolute Gasteiger partial charge is 0.448 e. The Morgan fingerprint density at radius 3 is 2.58 bits per heavy atom. The SMILES string of the molecule is C=CC(=O)Nc1cc(Nc2ncc3cc(Oc4ccc(F)cc4F)c(=O)n(C)c3n2)cnc1N(C)CCN(C)C. The minimum absolute atomic E-state index is 0.164. The van der Waals surface area contributed by atoms with E-state index in [0.717, 1.165) is 18.7 Å². The predicted molar refractivity (Wildman–Crippen MR) is 149 cm³/mol. The van der Waals surface area contributed by atoms with Gasteiger partial charge < -0.3 is 25.2 Å². The summed E-state index contributed by atoms with van der Waals surface area (Å²) in [6.45, 7) is 4.96. The molecule has 3 aromatic heterocycles. The molecule has 0 unspecified atom stereocenters. The van der Waals surface area contributed by atoms with E-state index in [2.05, 4.69) is 32.2 Å². The molecule has 0 aliphatic heterocycles. The molecule has 0 aliphatic carbocycles. The van der Waals surface area contributed by atoms with Crippen molar-refractivity contribution in [1.82, 2.24) is 24.4 Å². The summed E-state index contributed by atoms with van der Waals surface area (Å²) in [5.41, 5.74) is 0.643. The first-order valence-electron chi connectivity index (χ1n) is 12.1. The molecule has 1 amide bonds. The lowest BCUT2D eigenvalue weighted by Crippen LogP contribution is -2.29. The molecule has 4 rings (SSSR count). The van der Waals surface area contributed by atoms with E-state index in [-0.39, 0.29) is 23.1 Å². The molecule has 4 aromatic rings. The molecule has 0 spiro atoms. The number of fused-ring (bicyclic) bond motifs is 1. The standard InChI is InChI=1S/C27H28F2N8O3/c1-6-23(38)33-20-13-18(15-30-25(20)36(4)10-9-35(2)3)32-27-31-14-16-11-22(26(39)37(5)24(16)34-27)40-21-8-7-17(28)12-19(21)29/h6-8,11-15H,1,9-10H2,2-5H3,(H,33,38)(H,31,32,34). The number of carbonyl (C=O) groups is 1. The molecule has 0 fully saturated rings. The van der Waals surface area contributed by atoms with Crippen molar-refractivity contribution in [2.45, 2.75) is 0 Å². The molecule has 0 bridgehead atoms. The fourth-order valence-electron chi connectivity index (χ4n) is 3.72. The molecular formula is C27H28F2N8O3. The third kappa shape index (κ3) is 6.38. The van der Waals surface area contributed by atoms with E-state index in [1.165, 1.54) is 30.0 Å². The maximum Gasteiger partial charge on any atom is 0.294 e. The average Bonchev–Trinajstić information content (AvgIpc) is 2.92. The lowest BCUT2D eigenvalue weighted by molar-refractivity contribution is -0.111. The Balaban J connectivity index is 1.63. The molecule has 0 radical (unpaired) electrons. The summed E-state index contributed by atoms with van der Waals surface area (Å²) in [4.78, 5) is 42.2. The van der Waals surface area contributed by atoms with E-state index in [1.807, 2.05) is 30.9 Å². The third-order valence-electron chi connectivity index (χ3n) is 5.84. The molecular weight excluding hydrogens is 522 g/mol. The zero-order valence-corrected chi connectivity index (χ0v) is 22.4. The van der Waals surface area contributed by atoms with E-state index in [1.54, 1.807) is 12.3 Å². The number of likely N-dealkylation sites (N-methyl/N-ethyl adjacent to an activating group) is 2. The molecule has 2 N–H and O–H groups in total.